The van der Waals surface area contributed by atoms with Crippen LogP contribution in [0.1, 0.15) is 37.7 Å². The van der Waals surface area contributed by atoms with Gasteiger partial charge < -0.3 is 20.3 Å². The first-order valence-corrected chi connectivity index (χ1v) is 10.9. The number of hydrogen-bond acceptors (Lipinski definition) is 9. The van der Waals surface area contributed by atoms with Crippen LogP contribution in [0.15, 0.2) is 11.8 Å². The second kappa shape index (κ2) is 9.61. The van der Waals surface area contributed by atoms with Gasteiger partial charge >= 0.3 is 0 Å². The first-order valence-electron chi connectivity index (χ1n) is 10.9. The van der Waals surface area contributed by atoms with Gasteiger partial charge in [-0.2, -0.15) is 19.6 Å². The van der Waals surface area contributed by atoms with Crippen LogP contribution in [0.3, 0.4) is 0 Å². The number of carbonyl (C=O) groups is 2. The molecule has 3 heterocycles. The van der Waals surface area contributed by atoms with Crippen molar-refractivity contribution < 1.29 is 14.3 Å². The molecule has 1 saturated heterocycles. The molecule has 2 aromatic rings. The number of nitrogens with one attached hydrogen (secondary N) is 3. The van der Waals surface area contributed by atoms with Crippen molar-refractivity contribution in [1.82, 2.24) is 29.8 Å². The molecule has 2 aliphatic rings. The maximum Gasteiger partial charge on any atom is 0.254 e. The van der Waals surface area contributed by atoms with Gasteiger partial charge in [-0.1, -0.05) is 0 Å². The molecule has 0 spiro atoms. The first kappa shape index (κ1) is 22.2. The SMILES string of the molecule is COCCNc1nc(NC2CCC(N(C)C)CC2)nc2c(C=C3CC(=O)NC3=O)cnn12. The molecule has 0 unspecified atom stereocenters. The van der Waals surface area contributed by atoms with Gasteiger partial charge in [-0.3, -0.25) is 14.9 Å². The van der Waals surface area contributed by atoms with Crippen molar-refractivity contribution in [2.75, 3.05) is 45.0 Å². The van der Waals surface area contributed by atoms with Gasteiger partial charge in [0.1, 0.15) is 0 Å². The van der Waals surface area contributed by atoms with Crippen molar-refractivity contribution in [2.45, 2.75) is 44.2 Å². The van der Waals surface area contributed by atoms with E-state index < -0.39 is 0 Å². The van der Waals surface area contributed by atoms with Crippen LogP contribution in [0.5, 0.6) is 0 Å². The zero-order valence-electron chi connectivity index (χ0n) is 18.7. The van der Waals surface area contributed by atoms with Crippen LogP contribution in [-0.4, -0.2) is 82.7 Å². The van der Waals surface area contributed by atoms with Crippen molar-refractivity contribution in [1.29, 1.82) is 0 Å². The Balaban J connectivity index is 1.61. The van der Waals surface area contributed by atoms with E-state index in [4.69, 9.17) is 9.72 Å². The molecule has 2 amide bonds. The summed E-state index contributed by atoms with van der Waals surface area (Å²) in [6.07, 6.45) is 7.68. The van der Waals surface area contributed by atoms with E-state index in [-0.39, 0.29) is 18.2 Å². The van der Waals surface area contributed by atoms with Crippen LogP contribution in [0.4, 0.5) is 11.9 Å². The minimum atomic E-state index is -0.377. The number of hydrogen-bond donors (Lipinski definition) is 3. The molecule has 32 heavy (non-hydrogen) atoms. The van der Waals surface area contributed by atoms with E-state index in [9.17, 15) is 9.59 Å². The Morgan fingerprint density at radius 1 is 1.25 bits per heavy atom. The third-order valence-electron chi connectivity index (χ3n) is 5.97. The summed E-state index contributed by atoms with van der Waals surface area (Å²) in [5.41, 5.74) is 1.61. The Morgan fingerprint density at radius 2 is 2.03 bits per heavy atom. The number of nitrogens with zero attached hydrogens (tertiary/aromatic N) is 5. The first-order chi connectivity index (χ1) is 15.4. The highest BCUT2D eigenvalue weighted by Crippen LogP contribution is 2.25. The molecule has 1 aliphatic carbocycles. The maximum atomic E-state index is 12.0. The number of amides is 2. The van der Waals surface area contributed by atoms with Crippen molar-refractivity contribution in [3.63, 3.8) is 0 Å². The number of anilines is 2. The fourth-order valence-electron chi connectivity index (χ4n) is 4.17. The molecule has 1 aliphatic heterocycles. The lowest BCUT2D eigenvalue weighted by atomic mass is 9.91. The number of carbonyl (C=O) groups excluding carboxylic acids is 2. The lowest BCUT2D eigenvalue weighted by Gasteiger charge is -2.33. The van der Waals surface area contributed by atoms with Crippen LogP contribution < -0.4 is 16.0 Å². The van der Waals surface area contributed by atoms with Gasteiger partial charge in [-0.15, -0.1) is 0 Å². The predicted octanol–water partition coefficient (Wildman–Crippen LogP) is 0.897. The highest BCUT2D eigenvalue weighted by molar-refractivity contribution is 6.15. The van der Waals surface area contributed by atoms with E-state index in [0.29, 0.717) is 53.9 Å². The highest BCUT2D eigenvalue weighted by Gasteiger charge is 2.26. The lowest BCUT2D eigenvalue weighted by molar-refractivity contribution is -0.124. The number of fused-ring (bicyclic) bond motifs is 1. The molecule has 0 atom stereocenters. The predicted molar refractivity (Wildman–Crippen MR) is 120 cm³/mol. The van der Waals surface area contributed by atoms with Crippen molar-refractivity contribution in [3.05, 3.63) is 17.3 Å². The Morgan fingerprint density at radius 3 is 2.69 bits per heavy atom. The van der Waals surface area contributed by atoms with Gasteiger partial charge in [-0.05, 0) is 45.9 Å². The number of methoxy groups -OCH3 is 1. The number of aromatic nitrogens is 4. The molecule has 0 radical (unpaired) electrons. The molecule has 2 aromatic heterocycles. The standard InChI is InChI=1S/C21H30N8O3/c1-28(2)16-6-4-15(5-7-16)24-20-26-18-14(10-13-11-17(30)25-19(13)31)12-23-29(18)21(27-20)22-8-9-32-3/h10,12,15-16H,4-9,11H2,1-3H3,(H,25,30,31)(H2,22,24,26,27). The van der Waals surface area contributed by atoms with Crippen LogP contribution in [0, 0.1) is 0 Å². The van der Waals surface area contributed by atoms with E-state index in [1.54, 1.807) is 23.9 Å². The highest BCUT2D eigenvalue weighted by atomic mass is 16.5. The van der Waals surface area contributed by atoms with Crippen molar-refractivity contribution in [3.8, 4) is 0 Å². The summed E-state index contributed by atoms with van der Waals surface area (Å²) in [6, 6.07) is 0.902. The quantitative estimate of drug-likeness (QED) is 0.310. The van der Waals surface area contributed by atoms with Crippen LogP contribution >= 0.6 is 0 Å². The summed E-state index contributed by atoms with van der Waals surface area (Å²) in [6.45, 7) is 1.08. The zero-order valence-corrected chi connectivity index (χ0v) is 18.7. The molecule has 4 rings (SSSR count). The Hall–Kier alpha value is -3.05. The fraction of sp³-hybridized carbons (Fsp3) is 0.571. The van der Waals surface area contributed by atoms with E-state index in [2.05, 4.69) is 45.0 Å². The van der Waals surface area contributed by atoms with Gasteiger partial charge in [0.05, 0.1) is 19.2 Å². The molecule has 1 saturated carbocycles. The average molecular weight is 443 g/mol. The Labute approximate surface area is 186 Å². The summed E-state index contributed by atoms with van der Waals surface area (Å²) in [5.74, 6) is 0.369. The summed E-state index contributed by atoms with van der Waals surface area (Å²) in [5, 5.41) is 13.4. The topological polar surface area (TPSA) is 126 Å². The van der Waals surface area contributed by atoms with Gasteiger partial charge in [-0.25, -0.2) is 0 Å². The summed E-state index contributed by atoms with van der Waals surface area (Å²) < 4.78 is 6.73. The minimum Gasteiger partial charge on any atom is -0.383 e. The number of ether oxygens (including phenoxy) is 1. The zero-order chi connectivity index (χ0) is 22.7. The molecule has 11 heteroatoms. The van der Waals surface area contributed by atoms with Gasteiger partial charge in [0.15, 0.2) is 5.65 Å². The molecular weight excluding hydrogens is 412 g/mol. The van der Waals surface area contributed by atoms with Gasteiger partial charge in [0.2, 0.25) is 17.8 Å². The monoisotopic (exact) mass is 442 g/mol. The van der Waals surface area contributed by atoms with E-state index in [0.717, 1.165) is 25.7 Å². The van der Waals surface area contributed by atoms with Crippen LogP contribution in [-0.2, 0) is 14.3 Å². The average Bonchev–Trinajstić information content (AvgIpc) is 3.31. The molecular formula is C21H30N8O3. The molecule has 172 valence electrons. The van der Waals surface area contributed by atoms with Gasteiger partial charge in [0, 0.05) is 36.9 Å². The van der Waals surface area contributed by atoms with Crippen LogP contribution in [0.2, 0.25) is 0 Å². The van der Waals surface area contributed by atoms with Crippen molar-refractivity contribution >= 4 is 35.4 Å². The largest absolute Gasteiger partial charge is 0.383 e. The summed E-state index contributed by atoms with van der Waals surface area (Å²) >= 11 is 0. The fourth-order valence-corrected chi connectivity index (χ4v) is 4.17. The second-order valence-electron chi connectivity index (χ2n) is 8.46. The normalized spacial score (nSPS) is 22.7. The molecule has 11 nitrogen and oxygen atoms in total. The molecule has 3 N–H and O–H groups in total. The van der Waals surface area contributed by atoms with Crippen molar-refractivity contribution in [2.24, 2.45) is 0 Å². The van der Waals surface area contributed by atoms with E-state index in [1.807, 2.05) is 0 Å². The number of imide groups is 1. The van der Waals surface area contributed by atoms with E-state index >= 15 is 0 Å². The summed E-state index contributed by atoms with van der Waals surface area (Å²) in [4.78, 5) is 35.2. The summed E-state index contributed by atoms with van der Waals surface area (Å²) in [7, 11) is 5.89. The van der Waals surface area contributed by atoms with Crippen LogP contribution in [0.25, 0.3) is 11.7 Å². The Kier molecular flexibility index (Phi) is 6.66. The van der Waals surface area contributed by atoms with E-state index in [1.165, 1.54) is 0 Å². The second-order valence-corrected chi connectivity index (χ2v) is 8.46. The molecule has 2 fully saturated rings. The lowest BCUT2D eigenvalue weighted by Crippen LogP contribution is -2.36. The smallest absolute Gasteiger partial charge is 0.254 e. The van der Waals surface area contributed by atoms with Gasteiger partial charge in [0.25, 0.3) is 5.91 Å². The minimum absolute atomic E-state index is 0.0560. The number of rotatable bonds is 8. The third-order valence-corrected chi connectivity index (χ3v) is 5.97. The third kappa shape index (κ3) is 4.89. The Bertz CT molecular complexity index is 1020. The maximum absolute atomic E-state index is 12.0. The molecule has 0 aromatic carbocycles. The molecule has 0 bridgehead atoms.